The van der Waals surface area contributed by atoms with E-state index < -0.39 is 10.3 Å². The average Bonchev–Trinajstić information content (AvgIpc) is 3.95. The molecule has 7 heteroatoms. The number of hydrogen-bond donors (Lipinski definition) is 0. The van der Waals surface area contributed by atoms with Crippen molar-refractivity contribution < 1.29 is 10.3 Å². The van der Waals surface area contributed by atoms with Crippen LogP contribution < -0.4 is 19.6 Å². The van der Waals surface area contributed by atoms with Gasteiger partial charge in [0.1, 0.15) is 0 Å². The van der Waals surface area contributed by atoms with E-state index in [9.17, 15) is 19.4 Å². The van der Waals surface area contributed by atoms with Crippen LogP contribution in [0.5, 0.6) is 0 Å². The van der Waals surface area contributed by atoms with E-state index in [4.69, 9.17) is 0 Å². The van der Waals surface area contributed by atoms with E-state index in [1.54, 1.807) is 0 Å². The van der Waals surface area contributed by atoms with Gasteiger partial charge in [-0.25, -0.2) is 0 Å². The molecule has 4 nitrogen and oxygen atoms in total. The van der Waals surface area contributed by atoms with Crippen LogP contribution in [0, 0.1) is 83.1 Å². The topological polar surface area (TPSA) is 13.0 Å². The Kier molecular flexibility index (Phi) is 11.2. The Labute approximate surface area is 389 Å². The molecule has 0 saturated carbocycles. The third-order valence-electron chi connectivity index (χ3n) is 13.3. The Morgan fingerprint density at radius 2 is 0.656 bits per heavy atom. The van der Waals surface area contributed by atoms with Gasteiger partial charge in [-0.05, 0) is 0 Å². The first-order valence-corrected chi connectivity index (χ1v) is 29.6. The predicted molar refractivity (Wildman–Crippen MR) is 278 cm³/mol. The Morgan fingerprint density at radius 1 is 0.375 bits per heavy atom. The molecule has 6 aromatic carbocycles. The fourth-order valence-electron chi connectivity index (χ4n) is 11.5. The van der Waals surface area contributed by atoms with E-state index >= 15 is 0 Å². The molecule has 9 rings (SSSR count). The summed E-state index contributed by atoms with van der Waals surface area (Å²) in [5.74, 6) is 0. The molecule has 0 spiro atoms. The number of allylic oxidation sites excluding steroid dienone is 1. The molecule has 1 aliphatic carbocycles. The maximum atomic E-state index is 9.64. The molecule has 0 unspecified atom stereocenters. The Hall–Kier alpha value is -4.93. The molecule has 0 aromatic heterocycles. The van der Waals surface area contributed by atoms with Crippen molar-refractivity contribution in [3.63, 3.8) is 0 Å². The third kappa shape index (κ3) is 7.00. The van der Waals surface area contributed by atoms with Crippen LogP contribution in [0.1, 0.15) is 83.5 Å². The fraction of sp³-hybridized carbons (Fsp3) is 0.281. The summed E-state index contributed by atoms with van der Waals surface area (Å²) in [6.07, 6.45) is 2.39. The number of anilines is 4. The first-order chi connectivity index (χ1) is 30.4. The van der Waals surface area contributed by atoms with Crippen molar-refractivity contribution in [2.75, 3.05) is 45.8 Å². The number of nitrogens with zero attached hydrogens (tertiary/aromatic N) is 4. The zero-order valence-electron chi connectivity index (χ0n) is 39.6. The summed E-state index contributed by atoms with van der Waals surface area (Å²) in [6, 6.07) is 38.2. The summed E-state index contributed by atoms with van der Waals surface area (Å²) >= 11 is 0. The van der Waals surface area contributed by atoms with Crippen LogP contribution in [0.4, 0.5) is 22.7 Å². The predicted octanol–water partition coefficient (Wildman–Crippen LogP) is 13.6. The summed E-state index contributed by atoms with van der Waals surface area (Å²) in [6.45, 7) is 29.7. The Bertz CT molecular complexity index is 2870. The van der Waals surface area contributed by atoms with E-state index in [1.165, 1.54) is 89.5 Å². The van der Waals surface area contributed by atoms with Gasteiger partial charge >= 0.3 is 392 Å². The molecule has 3 aliphatic rings. The van der Waals surface area contributed by atoms with E-state index in [0.717, 1.165) is 61.3 Å². The third-order valence-corrected chi connectivity index (χ3v) is 24.8. The SMILES string of the molecule is Cc1cc(C)c(N2CCN(c3c(C)cc(C)cc3C)[C]2=[Ru]([Cl])([Cl])(=[C]2C=C(c3ccccc3)c3ccccc32)=[C]2N(c3c(C)cc(C)cc3C)CCN2c2c(C)cc(C)cc2C)c(C)c1. The first kappa shape index (κ1) is 44.3. The van der Waals surface area contributed by atoms with Gasteiger partial charge in [0.25, 0.3) is 0 Å². The zero-order chi connectivity index (χ0) is 45.6. The van der Waals surface area contributed by atoms with Gasteiger partial charge in [-0.15, -0.1) is 0 Å². The van der Waals surface area contributed by atoms with Crippen LogP contribution in [-0.2, 0) is 10.3 Å². The summed E-state index contributed by atoms with van der Waals surface area (Å²) in [7, 11) is 13.5. The van der Waals surface area contributed by atoms with E-state index in [0.29, 0.717) is 0 Å². The van der Waals surface area contributed by atoms with Gasteiger partial charge in [0, 0.05) is 0 Å². The average molecular weight is 975 g/mol. The molecule has 2 aliphatic heterocycles. The van der Waals surface area contributed by atoms with Crippen molar-refractivity contribution in [3.8, 4) is 0 Å². The second-order valence-electron chi connectivity index (χ2n) is 18.6. The van der Waals surface area contributed by atoms with Gasteiger partial charge in [-0.3, -0.25) is 0 Å². The zero-order valence-corrected chi connectivity index (χ0v) is 42.9. The van der Waals surface area contributed by atoms with Crippen molar-refractivity contribution >= 4 is 60.5 Å². The number of rotatable bonds is 5. The molecule has 0 amide bonds. The molecule has 0 radical (unpaired) electrons. The second kappa shape index (κ2) is 16.2. The first-order valence-electron chi connectivity index (χ1n) is 22.5. The second-order valence-corrected chi connectivity index (χ2v) is 31.8. The van der Waals surface area contributed by atoms with Gasteiger partial charge in [0.2, 0.25) is 0 Å². The van der Waals surface area contributed by atoms with Crippen LogP contribution in [-0.4, -0.2) is 39.0 Å². The van der Waals surface area contributed by atoms with Crippen molar-refractivity contribution in [2.24, 2.45) is 0 Å². The number of hydrogen-bond acceptors (Lipinski definition) is 4. The van der Waals surface area contributed by atoms with Crippen molar-refractivity contribution in [1.82, 2.24) is 0 Å². The molecular formula is C57H62Cl2N4Ru. The van der Waals surface area contributed by atoms with Gasteiger partial charge in [0.15, 0.2) is 0 Å². The number of fused-ring (bicyclic) bond motifs is 1. The monoisotopic (exact) mass is 974 g/mol. The molecule has 64 heavy (non-hydrogen) atoms. The summed E-state index contributed by atoms with van der Waals surface area (Å²) in [5.41, 5.74) is 24.0. The van der Waals surface area contributed by atoms with Crippen LogP contribution in [0.15, 0.2) is 109 Å². The Balaban J connectivity index is 1.65. The molecule has 332 valence electrons. The van der Waals surface area contributed by atoms with Crippen molar-refractivity contribution in [3.05, 3.63) is 193 Å². The minimum atomic E-state index is -5.74. The molecular weight excluding hydrogens is 913 g/mol. The number of benzene rings is 6. The van der Waals surface area contributed by atoms with Crippen LogP contribution in [0.25, 0.3) is 5.57 Å². The van der Waals surface area contributed by atoms with Gasteiger partial charge in [-0.2, -0.15) is 0 Å². The normalized spacial score (nSPS) is 15.9. The van der Waals surface area contributed by atoms with Crippen molar-refractivity contribution in [2.45, 2.75) is 83.1 Å². The fourth-order valence-corrected chi connectivity index (χ4v) is 24.1. The van der Waals surface area contributed by atoms with E-state index in [-0.39, 0.29) is 0 Å². The number of halogens is 2. The summed E-state index contributed by atoms with van der Waals surface area (Å²) in [4.78, 5) is 10.2. The van der Waals surface area contributed by atoms with Gasteiger partial charge < -0.3 is 0 Å². The molecule has 0 N–H and O–H groups in total. The Morgan fingerprint density at radius 3 is 0.969 bits per heavy atom. The van der Waals surface area contributed by atoms with Crippen LogP contribution in [0.3, 0.4) is 0 Å². The van der Waals surface area contributed by atoms with Crippen LogP contribution in [0.2, 0.25) is 0 Å². The quantitative estimate of drug-likeness (QED) is 0.160. The number of aryl methyl sites for hydroxylation is 12. The molecule has 0 bridgehead atoms. The minimum absolute atomic E-state index is 0.727. The molecule has 2 heterocycles. The molecule has 6 aromatic rings. The molecule has 0 atom stereocenters. The van der Waals surface area contributed by atoms with E-state index in [1.807, 2.05) is 0 Å². The summed E-state index contributed by atoms with van der Waals surface area (Å²) < 4.78 is 3.01. The summed E-state index contributed by atoms with van der Waals surface area (Å²) in [5, 5.41) is 0. The van der Waals surface area contributed by atoms with Crippen molar-refractivity contribution in [1.29, 1.82) is 0 Å². The van der Waals surface area contributed by atoms with E-state index in [2.05, 4.69) is 212 Å². The van der Waals surface area contributed by atoms with Gasteiger partial charge in [-0.1, -0.05) is 0 Å². The maximum absolute atomic E-state index is 9.64. The molecule has 2 saturated heterocycles. The molecule has 2 fully saturated rings. The standard InChI is InChI=1S/2C21H26N2.C15H10.2ClH.Ru/c2*1-14-9-16(3)20(17(4)10-14)22-7-8-23(13-22)21-18(5)11-15(2)12-19(21)6;1-2-6-12(7-3-1)15-11-10-13-8-4-5-9-14(13)15;;;/h2*9-12H,7-8H2,1-6H3;1-9,11H;2*1H;/q;;;;;+2/p-2. The van der Waals surface area contributed by atoms with Gasteiger partial charge in [0.05, 0.1) is 0 Å². The van der Waals surface area contributed by atoms with Crippen LogP contribution >= 0.6 is 19.4 Å².